The van der Waals surface area contributed by atoms with Crippen molar-refractivity contribution < 1.29 is 4.79 Å². The fourth-order valence-corrected chi connectivity index (χ4v) is 3.28. The first-order chi connectivity index (χ1) is 10.1. The van der Waals surface area contributed by atoms with Crippen LogP contribution in [0, 0.1) is 13.8 Å². The van der Waals surface area contributed by atoms with E-state index in [1.807, 2.05) is 49.7 Å². The summed E-state index contributed by atoms with van der Waals surface area (Å²) in [5.41, 5.74) is 3.16. The summed E-state index contributed by atoms with van der Waals surface area (Å²) >= 11 is 1.47. The fraction of sp³-hybridized carbons (Fsp3) is 0.267. The summed E-state index contributed by atoms with van der Waals surface area (Å²) in [6, 6.07) is 7.83. The summed E-state index contributed by atoms with van der Waals surface area (Å²) in [6.07, 6.45) is 0. The van der Waals surface area contributed by atoms with Crippen molar-refractivity contribution in [1.29, 1.82) is 0 Å². The number of nitrogens with one attached hydrogen (secondary N) is 1. The lowest BCUT2D eigenvalue weighted by atomic mass is 10.2. The number of aromatic nitrogens is 3. The highest BCUT2D eigenvalue weighted by Gasteiger charge is 2.19. The zero-order chi connectivity index (χ0) is 15.0. The summed E-state index contributed by atoms with van der Waals surface area (Å²) < 4.78 is 2.90. The largest absolute Gasteiger partial charge is 0.298 e. The van der Waals surface area contributed by atoms with Crippen molar-refractivity contribution in [2.45, 2.75) is 27.3 Å². The second-order valence-electron chi connectivity index (χ2n) is 4.80. The number of rotatable bonds is 3. The van der Waals surface area contributed by atoms with E-state index in [0.717, 1.165) is 28.1 Å². The van der Waals surface area contributed by atoms with E-state index >= 15 is 0 Å². The summed E-state index contributed by atoms with van der Waals surface area (Å²) in [5, 5.41) is 7.87. The van der Waals surface area contributed by atoms with Crippen LogP contribution >= 0.6 is 11.3 Å². The summed E-state index contributed by atoms with van der Waals surface area (Å²) in [7, 11) is 0. The maximum atomic E-state index is 12.5. The quantitative estimate of drug-likeness (QED) is 0.806. The van der Waals surface area contributed by atoms with Crippen molar-refractivity contribution in [3.63, 3.8) is 0 Å². The van der Waals surface area contributed by atoms with Crippen LogP contribution in [0.5, 0.6) is 0 Å². The van der Waals surface area contributed by atoms with Gasteiger partial charge in [0.05, 0.1) is 21.5 Å². The van der Waals surface area contributed by atoms with Gasteiger partial charge in [-0.25, -0.2) is 4.98 Å². The second-order valence-corrected chi connectivity index (χ2v) is 5.83. The molecule has 108 valence electrons. The Hall–Kier alpha value is -2.21. The molecule has 2 heterocycles. The van der Waals surface area contributed by atoms with Gasteiger partial charge >= 0.3 is 0 Å². The van der Waals surface area contributed by atoms with Crippen LogP contribution in [-0.4, -0.2) is 20.7 Å². The van der Waals surface area contributed by atoms with Gasteiger partial charge in [-0.1, -0.05) is 23.5 Å². The van der Waals surface area contributed by atoms with Gasteiger partial charge in [0.25, 0.3) is 5.91 Å². The highest BCUT2D eigenvalue weighted by Crippen LogP contribution is 2.26. The Kier molecular flexibility index (Phi) is 3.47. The average Bonchev–Trinajstić information content (AvgIpc) is 2.98. The highest BCUT2D eigenvalue weighted by molar-refractivity contribution is 7.22. The van der Waals surface area contributed by atoms with E-state index in [1.54, 1.807) is 0 Å². The minimum absolute atomic E-state index is 0.149. The Bertz CT molecular complexity index is 785. The molecule has 0 spiro atoms. The lowest BCUT2D eigenvalue weighted by Gasteiger charge is -2.02. The molecule has 0 fully saturated rings. The lowest BCUT2D eigenvalue weighted by molar-refractivity contribution is 0.102. The molecule has 3 rings (SSSR count). The first-order valence-corrected chi connectivity index (χ1v) is 7.62. The molecule has 0 unspecified atom stereocenters. The number of benzene rings is 1. The molecule has 6 heteroatoms. The fourth-order valence-electron chi connectivity index (χ4n) is 2.42. The number of thiazole rings is 1. The number of anilines is 1. The van der Waals surface area contributed by atoms with E-state index in [0.29, 0.717) is 10.7 Å². The first-order valence-electron chi connectivity index (χ1n) is 6.81. The van der Waals surface area contributed by atoms with Gasteiger partial charge in [0.1, 0.15) is 0 Å². The first kappa shape index (κ1) is 13.8. The number of nitrogens with zero attached hydrogens (tertiary/aromatic N) is 3. The summed E-state index contributed by atoms with van der Waals surface area (Å²) in [5.74, 6) is -0.149. The van der Waals surface area contributed by atoms with Crippen LogP contribution in [-0.2, 0) is 6.54 Å². The molecule has 1 amide bonds. The number of fused-ring (bicyclic) bond motifs is 1. The second kappa shape index (κ2) is 5.29. The third kappa shape index (κ3) is 2.42. The lowest BCUT2D eigenvalue weighted by Crippen LogP contribution is -2.14. The Balaban J connectivity index is 1.91. The van der Waals surface area contributed by atoms with Crippen LogP contribution in [0.25, 0.3) is 10.2 Å². The van der Waals surface area contributed by atoms with Crippen LogP contribution in [0.15, 0.2) is 24.3 Å². The van der Waals surface area contributed by atoms with Crippen LogP contribution in [0.3, 0.4) is 0 Å². The third-order valence-corrected chi connectivity index (χ3v) is 4.37. The van der Waals surface area contributed by atoms with Gasteiger partial charge < -0.3 is 0 Å². The number of para-hydroxylation sites is 1. The zero-order valence-corrected chi connectivity index (χ0v) is 13.0. The van der Waals surface area contributed by atoms with Crippen LogP contribution < -0.4 is 5.32 Å². The van der Waals surface area contributed by atoms with Gasteiger partial charge in [0.2, 0.25) is 0 Å². The van der Waals surface area contributed by atoms with Gasteiger partial charge in [0.15, 0.2) is 5.13 Å². The third-order valence-electron chi connectivity index (χ3n) is 3.42. The van der Waals surface area contributed by atoms with E-state index in [-0.39, 0.29) is 5.91 Å². The Morgan fingerprint density at radius 2 is 2.10 bits per heavy atom. The molecular formula is C15H16N4OS. The van der Waals surface area contributed by atoms with Crippen molar-refractivity contribution in [2.24, 2.45) is 0 Å². The molecule has 0 aliphatic heterocycles. The molecule has 2 aromatic heterocycles. The minimum Gasteiger partial charge on any atom is -0.298 e. The number of aryl methyl sites for hydroxylation is 2. The highest BCUT2D eigenvalue weighted by atomic mass is 32.1. The number of carbonyl (C=O) groups is 1. The topological polar surface area (TPSA) is 59.8 Å². The Labute approximate surface area is 126 Å². The minimum atomic E-state index is -0.149. The predicted molar refractivity (Wildman–Crippen MR) is 84.9 cm³/mol. The molecule has 0 saturated carbocycles. The maximum Gasteiger partial charge on any atom is 0.261 e. The summed E-state index contributed by atoms with van der Waals surface area (Å²) in [6.45, 7) is 6.53. The molecule has 0 radical (unpaired) electrons. The standard InChI is InChI=1S/C15H16N4OS/c1-4-19-10(3)13(9(2)18-19)14(20)17-15-16-11-7-5-6-8-12(11)21-15/h5-8H,4H2,1-3H3,(H,16,17,20). The summed E-state index contributed by atoms with van der Waals surface area (Å²) in [4.78, 5) is 16.9. The molecule has 1 aromatic carbocycles. The molecule has 21 heavy (non-hydrogen) atoms. The van der Waals surface area contributed by atoms with Gasteiger partial charge in [-0.05, 0) is 32.9 Å². The number of hydrogen-bond donors (Lipinski definition) is 1. The van der Waals surface area contributed by atoms with Gasteiger partial charge in [0, 0.05) is 12.2 Å². The Morgan fingerprint density at radius 1 is 1.33 bits per heavy atom. The van der Waals surface area contributed by atoms with E-state index in [9.17, 15) is 4.79 Å². The predicted octanol–water partition coefficient (Wildman–Crippen LogP) is 3.38. The molecule has 0 bridgehead atoms. The van der Waals surface area contributed by atoms with Crippen molar-refractivity contribution in [3.05, 3.63) is 41.2 Å². The molecule has 0 saturated heterocycles. The van der Waals surface area contributed by atoms with Gasteiger partial charge in [-0.3, -0.25) is 14.8 Å². The number of hydrogen-bond acceptors (Lipinski definition) is 4. The molecule has 5 nitrogen and oxygen atoms in total. The van der Waals surface area contributed by atoms with Crippen molar-refractivity contribution in [2.75, 3.05) is 5.32 Å². The Morgan fingerprint density at radius 3 is 2.76 bits per heavy atom. The number of amides is 1. The van der Waals surface area contributed by atoms with E-state index in [2.05, 4.69) is 15.4 Å². The van der Waals surface area contributed by atoms with Crippen LogP contribution in [0.1, 0.15) is 28.7 Å². The van der Waals surface area contributed by atoms with Crippen molar-refractivity contribution in [3.8, 4) is 0 Å². The SMILES string of the molecule is CCn1nc(C)c(C(=O)Nc2nc3ccccc3s2)c1C. The van der Waals surface area contributed by atoms with Crippen molar-refractivity contribution in [1.82, 2.24) is 14.8 Å². The molecule has 0 atom stereocenters. The molecule has 1 N–H and O–H groups in total. The monoisotopic (exact) mass is 300 g/mol. The average molecular weight is 300 g/mol. The molecule has 3 aromatic rings. The van der Waals surface area contributed by atoms with Gasteiger partial charge in [-0.2, -0.15) is 5.10 Å². The molecular weight excluding hydrogens is 284 g/mol. The van der Waals surface area contributed by atoms with Gasteiger partial charge in [-0.15, -0.1) is 0 Å². The van der Waals surface area contributed by atoms with Crippen LogP contribution in [0.4, 0.5) is 5.13 Å². The molecule has 0 aliphatic carbocycles. The van der Waals surface area contributed by atoms with E-state index < -0.39 is 0 Å². The normalized spacial score (nSPS) is 11.0. The van der Waals surface area contributed by atoms with E-state index in [4.69, 9.17) is 0 Å². The van der Waals surface area contributed by atoms with E-state index in [1.165, 1.54) is 11.3 Å². The molecule has 0 aliphatic rings. The number of carbonyl (C=O) groups excluding carboxylic acids is 1. The van der Waals surface area contributed by atoms with Crippen LogP contribution in [0.2, 0.25) is 0 Å². The maximum absolute atomic E-state index is 12.5. The zero-order valence-electron chi connectivity index (χ0n) is 12.2. The smallest absolute Gasteiger partial charge is 0.261 e. The van der Waals surface area contributed by atoms with Crippen molar-refractivity contribution >= 4 is 32.6 Å².